The van der Waals surface area contributed by atoms with Crippen LogP contribution in [0.25, 0.3) is 0 Å². The predicted molar refractivity (Wildman–Crippen MR) is 87.1 cm³/mol. The molecule has 1 aromatic rings. The molecule has 1 saturated heterocycles. The molecule has 1 aromatic heterocycles. The molecule has 114 valence electrons. The van der Waals surface area contributed by atoms with Crippen molar-refractivity contribution >= 4 is 11.7 Å². The Hall–Kier alpha value is -1.58. The van der Waals surface area contributed by atoms with E-state index in [0.29, 0.717) is 12.0 Å². The summed E-state index contributed by atoms with van der Waals surface area (Å²) >= 11 is 0. The molecule has 1 aliphatic heterocycles. The Kier molecular flexibility index (Phi) is 3.87. The average molecular weight is 286 g/mol. The van der Waals surface area contributed by atoms with Gasteiger partial charge >= 0.3 is 0 Å². The van der Waals surface area contributed by atoms with Crippen LogP contribution in [0.3, 0.4) is 0 Å². The minimum absolute atomic E-state index is 0.149. The normalized spacial score (nSPS) is 25.5. The van der Waals surface area contributed by atoms with E-state index in [2.05, 4.69) is 24.8 Å². The number of pyridine rings is 1. The largest absolute Gasteiger partial charge is 0.384 e. The molecule has 21 heavy (non-hydrogen) atoms. The third kappa shape index (κ3) is 2.63. The second-order valence-electron chi connectivity index (χ2n) is 6.64. The van der Waals surface area contributed by atoms with Crippen molar-refractivity contribution in [3.05, 3.63) is 22.9 Å². The third-order valence-electron chi connectivity index (χ3n) is 5.22. The van der Waals surface area contributed by atoms with E-state index in [1.54, 1.807) is 0 Å². The highest BCUT2D eigenvalue weighted by Gasteiger charge is 2.29. The number of nitrogens with one attached hydrogen (secondary N) is 1. The number of aromatic nitrogens is 1. The molecule has 4 heteroatoms. The van der Waals surface area contributed by atoms with E-state index < -0.39 is 0 Å². The first-order valence-corrected chi connectivity index (χ1v) is 8.21. The van der Waals surface area contributed by atoms with Gasteiger partial charge in [0.2, 0.25) is 0 Å². The number of aryl methyl sites for hydroxylation is 2. The molecule has 0 radical (unpaired) electrons. The molecule has 3 N–H and O–H groups in total. The molecule has 1 fully saturated rings. The Morgan fingerprint density at radius 3 is 2.81 bits per heavy atom. The molecule has 4 nitrogen and oxygen atoms in total. The van der Waals surface area contributed by atoms with Gasteiger partial charge in [0.05, 0.1) is 5.56 Å². The van der Waals surface area contributed by atoms with Crippen molar-refractivity contribution in [2.45, 2.75) is 58.4 Å². The first-order valence-electron chi connectivity index (χ1n) is 8.21. The van der Waals surface area contributed by atoms with Crippen molar-refractivity contribution in [2.75, 3.05) is 11.4 Å². The molecule has 0 aromatic carbocycles. The summed E-state index contributed by atoms with van der Waals surface area (Å²) in [6.45, 7) is 5.61. The lowest BCUT2D eigenvalue weighted by Crippen LogP contribution is -2.44. The second-order valence-corrected chi connectivity index (χ2v) is 6.64. The van der Waals surface area contributed by atoms with Crippen LogP contribution in [0, 0.1) is 11.3 Å². The summed E-state index contributed by atoms with van der Waals surface area (Å²) < 4.78 is 0. The third-order valence-corrected chi connectivity index (χ3v) is 5.22. The summed E-state index contributed by atoms with van der Waals surface area (Å²) in [5.74, 6) is 1.76. The van der Waals surface area contributed by atoms with E-state index in [1.165, 1.54) is 36.9 Å². The molecule has 0 saturated carbocycles. The van der Waals surface area contributed by atoms with Crippen LogP contribution in [0.15, 0.2) is 6.07 Å². The fraction of sp³-hybridized carbons (Fsp3) is 0.647. The summed E-state index contributed by atoms with van der Waals surface area (Å²) in [4.78, 5) is 7.32. The van der Waals surface area contributed by atoms with Crippen molar-refractivity contribution in [3.63, 3.8) is 0 Å². The molecule has 3 rings (SSSR count). The zero-order valence-electron chi connectivity index (χ0n) is 13.2. The summed E-state index contributed by atoms with van der Waals surface area (Å²) in [6, 6.07) is 2.59. The SMILES string of the molecule is CC1CCCN(c2nc3c(cc2C(=N)N)CCCC3)C1C. The first kappa shape index (κ1) is 14.4. The maximum atomic E-state index is 7.94. The number of hydrogen-bond acceptors (Lipinski definition) is 3. The first-order chi connectivity index (χ1) is 10.1. The standard InChI is InChI=1S/C17H26N4/c1-11-6-5-9-21(12(11)2)17-14(16(18)19)10-13-7-3-4-8-15(13)20-17/h10-12H,3-9H2,1-2H3,(H3,18,19). The van der Waals surface area contributed by atoms with Crippen LogP contribution in [0.5, 0.6) is 0 Å². The van der Waals surface area contributed by atoms with Gasteiger partial charge < -0.3 is 10.6 Å². The molecule has 0 amide bonds. The van der Waals surface area contributed by atoms with Crippen molar-refractivity contribution in [1.29, 1.82) is 5.41 Å². The lowest BCUT2D eigenvalue weighted by atomic mass is 9.90. The van der Waals surface area contributed by atoms with Gasteiger partial charge in [0.25, 0.3) is 0 Å². The van der Waals surface area contributed by atoms with Crippen LogP contribution in [-0.2, 0) is 12.8 Å². The number of nitrogens with two attached hydrogens (primary N) is 1. The van der Waals surface area contributed by atoms with E-state index in [4.69, 9.17) is 16.1 Å². The van der Waals surface area contributed by atoms with Crippen LogP contribution in [0.1, 0.15) is 56.4 Å². The topological polar surface area (TPSA) is 66.0 Å². The number of anilines is 1. The molecule has 2 heterocycles. The number of fused-ring (bicyclic) bond motifs is 1. The minimum Gasteiger partial charge on any atom is -0.384 e. The van der Waals surface area contributed by atoms with E-state index in [-0.39, 0.29) is 5.84 Å². The van der Waals surface area contributed by atoms with Gasteiger partial charge in [-0.25, -0.2) is 4.98 Å². The summed E-state index contributed by atoms with van der Waals surface area (Å²) in [6.07, 6.45) is 7.07. The molecule has 2 aliphatic rings. The minimum atomic E-state index is 0.149. The van der Waals surface area contributed by atoms with Crippen molar-refractivity contribution in [3.8, 4) is 0 Å². The predicted octanol–water partition coefficient (Wildman–Crippen LogP) is 2.87. The number of rotatable bonds is 2. The van der Waals surface area contributed by atoms with E-state index >= 15 is 0 Å². The molecule has 2 atom stereocenters. The lowest BCUT2D eigenvalue weighted by molar-refractivity contribution is 0.361. The van der Waals surface area contributed by atoms with Crippen molar-refractivity contribution in [2.24, 2.45) is 11.7 Å². The van der Waals surface area contributed by atoms with Gasteiger partial charge in [-0.15, -0.1) is 0 Å². The Labute approximate surface area is 127 Å². The van der Waals surface area contributed by atoms with Gasteiger partial charge in [-0.05, 0) is 63.0 Å². The van der Waals surface area contributed by atoms with Gasteiger partial charge in [0, 0.05) is 18.3 Å². The van der Waals surface area contributed by atoms with Gasteiger partial charge in [0.1, 0.15) is 11.7 Å². The zero-order valence-corrected chi connectivity index (χ0v) is 13.2. The monoisotopic (exact) mass is 286 g/mol. The summed E-state index contributed by atoms with van der Waals surface area (Å²) in [5.41, 5.74) is 9.21. The highest BCUT2D eigenvalue weighted by atomic mass is 15.2. The number of nitrogens with zero attached hydrogens (tertiary/aromatic N) is 2. The Balaban J connectivity index is 2.05. The highest BCUT2D eigenvalue weighted by molar-refractivity contribution is 6.00. The van der Waals surface area contributed by atoms with Crippen LogP contribution in [-0.4, -0.2) is 23.4 Å². The molecular formula is C17H26N4. The highest BCUT2D eigenvalue weighted by Crippen LogP contribution is 2.32. The lowest BCUT2D eigenvalue weighted by Gasteiger charge is -2.40. The van der Waals surface area contributed by atoms with Crippen LogP contribution >= 0.6 is 0 Å². The van der Waals surface area contributed by atoms with Gasteiger partial charge in [-0.1, -0.05) is 6.92 Å². The Bertz CT molecular complexity index is 552. The number of piperidine rings is 1. The Morgan fingerprint density at radius 2 is 2.05 bits per heavy atom. The van der Waals surface area contributed by atoms with Crippen LogP contribution in [0.4, 0.5) is 5.82 Å². The Morgan fingerprint density at radius 1 is 1.29 bits per heavy atom. The van der Waals surface area contributed by atoms with Gasteiger partial charge in [0.15, 0.2) is 0 Å². The van der Waals surface area contributed by atoms with Gasteiger partial charge in [-0.2, -0.15) is 0 Å². The van der Waals surface area contributed by atoms with E-state index in [0.717, 1.165) is 30.8 Å². The van der Waals surface area contributed by atoms with Crippen molar-refractivity contribution < 1.29 is 0 Å². The van der Waals surface area contributed by atoms with Gasteiger partial charge in [-0.3, -0.25) is 5.41 Å². The molecule has 0 bridgehead atoms. The number of nitrogen functional groups attached to an aromatic ring is 1. The molecule has 0 spiro atoms. The zero-order chi connectivity index (χ0) is 15.0. The second kappa shape index (κ2) is 5.66. The molecule has 2 unspecified atom stereocenters. The average Bonchev–Trinajstić information content (AvgIpc) is 2.48. The van der Waals surface area contributed by atoms with Crippen molar-refractivity contribution in [1.82, 2.24) is 4.98 Å². The maximum Gasteiger partial charge on any atom is 0.140 e. The number of hydrogen-bond donors (Lipinski definition) is 2. The maximum absolute atomic E-state index is 7.94. The molecule has 1 aliphatic carbocycles. The van der Waals surface area contributed by atoms with Crippen LogP contribution < -0.4 is 10.6 Å². The smallest absolute Gasteiger partial charge is 0.140 e. The summed E-state index contributed by atoms with van der Waals surface area (Å²) in [7, 11) is 0. The van der Waals surface area contributed by atoms with E-state index in [1.807, 2.05) is 0 Å². The summed E-state index contributed by atoms with van der Waals surface area (Å²) in [5, 5.41) is 7.94. The van der Waals surface area contributed by atoms with Crippen LogP contribution in [0.2, 0.25) is 0 Å². The van der Waals surface area contributed by atoms with E-state index in [9.17, 15) is 0 Å². The fourth-order valence-corrected chi connectivity index (χ4v) is 3.67. The fourth-order valence-electron chi connectivity index (χ4n) is 3.67. The molecular weight excluding hydrogens is 260 g/mol. The number of amidine groups is 1. The quantitative estimate of drug-likeness (QED) is 0.649.